The molecule has 0 fully saturated rings. The molecule has 4 amide bonds. The maximum atomic E-state index is 12.6. The fraction of sp³-hybridized carbons (Fsp3) is 0.385. The van der Waals surface area contributed by atoms with E-state index in [0.29, 0.717) is 24.2 Å². The summed E-state index contributed by atoms with van der Waals surface area (Å²) in [6, 6.07) is 13.8. The molecule has 2 aromatic carbocycles. The van der Waals surface area contributed by atoms with E-state index in [0.717, 1.165) is 24.2 Å². The summed E-state index contributed by atoms with van der Waals surface area (Å²) in [5, 5.41) is 21.1. The monoisotopic (exact) mass is 524 g/mol. The summed E-state index contributed by atoms with van der Waals surface area (Å²) in [6.45, 7) is 0.577. The second-order valence-corrected chi connectivity index (χ2v) is 9.23. The molecule has 8 N–H and O–H groups in total. The Balaban J connectivity index is 1.77. The van der Waals surface area contributed by atoms with Gasteiger partial charge in [0.15, 0.2) is 11.9 Å². The van der Waals surface area contributed by atoms with Gasteiger partial charge in [-0.05, 0) is 61.4 Å². The standard InChI is InChI=1S/C26H40N10O2/c1-33(2)21-13-9-19(10-14-21)31-25(37)35(23(27)28)17-7-5-6-8-18-36(24(29)30)26(38)32-20-11-15-22(16-12-20)34(3)4/h9-16H,5-8,17-18H2,1-4H3,(H3,27,28)(H3,29,30)(H,31,37)(H,32,38). The zero-order valence-electron chi connectivity index (χ0n) is 22.6. The van der Waals surface area contributed by atoms with Crippen LogP contribution in [0, 0.1) is 10.8 Å². The molecular weight excluding hydrogens is 484 g/mol. The Hall–Kier alpha value is -4.48. The fourth-order valence-corrected chi connectivity index (χ4v) is 3.62. The number of benzene rings is 2. The zero-order chi connectivity index (χ0) is 28.2. The molecule has 0 atom stereocenters. The van der Waals surface area contributed by atoms with E-state index in [1.165, 1.54) is 9.80 Å². The third-order valence-electron chi connectivity index (χ3n) is 5.86. The van der Waals surface area contributed by atoms with Gasteiger partial charge in [0.1, 0.15) is 0 Å². The SMILES string of the molecule is CN(C)c1ccc(NC(=O)N(CCCCCCN(C(=N)N)C(=O)Nc2ccc(N(C)C)cc2)C(=N)N)cc1. The van der Waals surface area contributed by atoms with Crippen LogP contribution in [0.15, 0.2) is 48.5 Å². The third-order valence-corrected chi connectivity index (χ3v) is 5.86. The van der Waals surface area contributed by atoms with E-state index in [1.807, 2.05) is 62.3 Å². The lowest BCUT2D eigenvalue weighted by molar-refractivity contribution is 0.230. The van der Waals surface area contributed by atoms with E-state index >= 15 is 0 Å². The second kappa shape index (κ2) is 14.3. The quantitative estimate of drug-likeness (QED) is 0.149. The van der Waals surface area contributed by atoms with Crippen molar-refractivity contribution in [2.45, 2.75) is 25.7 Å². The van der Waals surface area contributed by atoms with Gasteiger partial charge in [-0.25, -0.2) is 9.59 Å². The van der Waals surface area contributed by atoms with Gasteiger partial charge in [0.25, 0.3) is 0 Å². The van der Waals surface area contributed by atoms with Crippen LogP contribution in [0.4, 0.5) is 32.3 Å². The van der Waals surface area contributed by atoms with Crippen molar-refractivity contribution in [3.8, 4) is 0 Å². The molecule has 12 heteroatoms. The number of amides is 4. The lowest BCUT2D eigenvalue weighted by Crippen LogP contribution is -2.44. The second-order valence-electron chi connectivity index (χ2n) is 9.23. The fourth-order valence-electron chi connectivity index (χ4n) is 3.62. The minimum atomic E-state index is -0.465. The van der Waals surface area contributed by atoms with Crippen molar-refractivity contribution < 1.29 is 9.59 Å². The maximum absolute atomic E-state index is 12.6. The van der Waals surface area contributed by atoms with Crippen LogP contribution in [0.1, 0.15) is 25.7 Å². The van der Waals surface area contributed by atoms with Gasteiger partial charge in [0.05, 0.1) is 0 Å². The predicted molar refractivity (Wildman–Crippen MR) is 155 cm³/mol. The van der Waals surface area contributed by atoms with E-state index in [-0.39, 0.29) is 25.0 Å². The van der Waals surface area contributed by atoms with Crippen molar-refractivity contribution in [1.82, 2.24) is 9.80 Å². The number of hydrogen-bond acceptors (Lipinski definition) is 6. The molecule has 0 radical (unpaired) electrons. The smallest absolute Gasteiger partial charge is 0.328 e. The largest absolute Gasteiger partial charge is 0.378 e. The molecule has 0 aliphatic carbocycles. The Morgan fingerprint density at radius 2 is 0.947 bits per heavy atom. The highest BCUT2D eigenvalue weighted by Crippen LogP contribution is 2.17. The average molecular weight is 525 g/mol. The van der Waals surface area contributed by atoms with Crippen LogP contribution < -0.4 is 31.9 Å². The zero-order valence-corrected chi connectivity index (χ0v) is 22.6. The van der Waals surface area contributed by atoms with Crippen molar-refractivity contribution in [3.63, 3.8) is 0 Å². The Labute approximate surface area is 224 Å². The number of unbranched alkanes of at least 4 members (excludes halogenated alkanes) is 3. The van der Waals surface area contributed by atoms with Gasteiger partial charge in [-0.15, -0.1) is 0 Å². The molecule has 0 heterocycles. The number of nitrogens with zero attached hydrogens (tertiary/aromatic N) is 4. The molecule has 0 saturated heterocycles. The Bertz CT molecular complexity index is 997. The van der Waals surface area contributed by atoms with Gasteiger partial charge in [0, 0.05) is 64.0 Å². The summed E-state index contributed by atoms with van der Waals surface area (Å²) in [5.41, 5.74) is 14.5. The molecule has 12 nitrogen and oxygen atoms in total. The summed E-state index contributed by atoms with van der Waals surface area (Å²) in [4.78, 5) is 31.6. The highest BCUT2D eigenvalue weighted by Gasteiger charge is 2.18. The molecule has 0 bridgehead atoms. The molecule has 0 spiro atoms. The first-order valence-corrected chi connectivity index (χ1v) is 12.4. The first-order valence-electron chi connectivity index (χ1n) is 12.4. The average Bonchev–Trinajstić information content (AvgIpc) is 2.85. The number of hydrogen-bond donors (Lipinski definition) is 6. The molecular formula is C26H40N10O2. The minimum absolute atomic E-state index is 0.288. The van der Waals surface area contributed by atoms with Crippen LogP contribution in [0.5, 0.6) is 0 Å². The van der Waals surface area contributed by atoms with Crippen molar-refractivity contribution in [2.75, 3.05) is 61.7 Å². The number of guanidine groups is 2. The van der Waals surface area contributed by atoms with E-state index in [1.54, 1.807) is 24.3 Å². The van der Waals surface area contributed by atoms with E-state index in [2.05, 4.69) is 10.6 Å². The molecule has 0 saturated carbocycles. The van der Waals surface area contributed by atoms with Crippen molar-refractivity contribution >= 4 is 46.7 Å². The summed E-state index contributed by atoms with van der Waals surface area (Å²) in [6.07, 6.45) is 2.73. The van der Waals surface area contributed by atoms with Crippen LogP contribution in [-0.4, -0.2) is 75.1 Å². The minimum Gasteiger partial charge on any atom is -0.378 e. The molecule has 0 aromatic heterocycles. The first kappa shape index (κ1) is 29.7. The number of urea groups is 2. The number of nitrogens with two attached hydrogens (primary N) is 2. The van der Waals surface area contributed by atoms with Crippen LogP contribution in [-0.2, 0) is 0 Å². The van der Waals surface area contributed by atoms with Crippen LogP contribution in [0.25, 0.3) is 0 Å². The lowest BCUT2D eigenvalue weighted by atomic mass is 10.2. The van der Waals surface area contributed by atoms with E-state index in [4.69, 9.17) is 22.3 Å². The Morgan fingerprint density at radius 1 is 0.632 bits per heavy atom. The number of rotatable bonds is 11. The molecule has 0 unspecified atom stereocenters. The van der Waals surface area contributed by atoms with Gasteiger partial charge in [-0.1, -0.05) is 12.8 Å². The van der Waals surface area contributed by atoms with Crippen LogP contribution >= 0.6 is 0 Å². The third kappa shape index (κ3) is 9.19. The summed E-state index contributed by atoms with van der Waals surface area (Å²) in [7, 11) is 7.73. The van der Waals surface area contributed by atoms with Crippen LogP contribution in [0.3, 0.4) is 0 Å². The first-order chi connectivity index (χ1) is 18.0. The van der Waals surface area contributed by atoms with E-state index < -0.39 is 12.1 Å². The Kier molecular flexibility index (Phi) is 11.2. The van der Waals surface area contributed by atoms with Gasteiger partial charge < -0.3 is 31.9 Å². The molecule has 2 rings (SSSR count). The number of anilines is 4. The van der Waals surface area contributed by atoms with Crippen molar-refractivity contribution in [3.05, 3.63) is 48.5 Å². The van der Waals surface area contributed by atoms with Crippen molar-refractivity contribution in [1.29, 1.82) is 10.8 Å². The van der Waals surface area contributed by atoms with Gasteiger partial charge in [-0.2, -0.15) is 0 Å². The number of nitrogens with one attached hydrogen (secondary N) is 4. The normalized spacial score (nSPS) is 10.3. The summed E-state index contributed by atoms with van der Waals surface area (Å²) in [5.74, 6) is -0.657. The van der Waals surface area contributed by atoms with Crippen LogP contribution in [0.2, 0.25) is 0 Å². The van der Waals surface area contributed by atoms with E-state index in [9.17, 15) is 9.59 Å². The highest BCUT2D eigenvalue weighted by molar-refractivity contribution is 6.01. The lowest BCUT2D eigenvalue weighted by Gasteiger charge is -2.22. The van der Waals surface area contributed by atoms with Gasteiger partial charge in [0.2, 0.25) is 0 Å². The molecule has 206 valence electrons. The number of carbonyl (C=O) groups is 2. The predicted octanol–water partition coefficient (Wildman–Crippen LogP) is 3.53. The van der Waals surface area contributed by atoms with Gasteiger partial charge in [-0.3, -0.25) is 20.6 Å². The molecule has 38 heavy (non-hydrogen) atoms. The Morgan fingerprint density at radius 3 is 1.21 bits per heavy atom. The summed E-state index contributed by atoms with van der Waals surface area (Å²) >= 11 is 0. The number of carbonyl (C=O) groups excluding carboxylic acids is 2. The highest BCUT2D eigenvalue weighted by atomic mass is 16.2. The molecule has 0 aliphatic heterocycles. The van der Waals surface area contributed by atoms with Crippen molar-refractivity contribution in [2.24, 2.45) is 11.5 Å². The topological polar surface area (TPSA) is 171 Å². The molecule has 0 aliphatic rings. The summed E-state index contributed by atoms with van der Waals surface area (Å²) < 4.78 is 0. The maximum Gasteiger partial charge on any atom is 0.328 e. The van der Waals surface area contributed by atoms with Gasteiger partial charge >= 0.3 is 12.1 Å². The molecule has 2 aromatic rings.